The van der Waals surface area contributed by atoms with Gasteiger partial charge in [0.25, 0.3) is 0 Å². The SMILES string of the molecule is Cc1cc(F)ccc1NC(=O)C1(CN)CC(C)C1. The summed E-state index contributed by atoms with van der Waals surface area (Å²) in [5.74, 6) is 0.211. The van der Waals surface area contributed by atoms with Crippen LogP contribution in [0.3, 0.4) is 0 Å². The van der Waals surface area contributed by atoms with Crippen molar-refractivity contribution in [2.24, 2.45) is 17.1 Å². The highest BCUT2D eigenvalue weighted by Crippen LogP contribution is 2.45. The first-order valence-electron chi connectivity index (χ1n) is 6.24. The van der Waals surface area contributed by atoms with Crippen LogP contribution in [-0.4, -0.2) is 12.5 Å². The average molecular weight is 250 g/mol. The molecule has 1 aliphatic carbocycles. The second-order valence-electron chi connectivity index (χ2n) is 5.41. The van der Waals surface area contributed by atoms with E-state index in [4.69, 9.17) is 5.73 Å². The summed E-state index contributed by atoms with van der Waals surface area (Å²) < 4.78 is 13.0. The van der Waals surface area contributed by atoms with Crippen LogP contribution >= 0.6 is 0 Å². The van der Waals surface area contributed by atoms with Gasteiger partial charge in [-0.05, 0) is 49.4 Å². The molecule has 0 heterocycles. The van der Waals surface area contributed by atoms with E-state index in [-0.39, 0.29) is 11.7 Å². The minimum absolute atomic E-state index is 0.0437. The molecule has 0 spiro atoms. The van der Waals surface area contributed by atoms with Crippen molar-refractivity contribution in [2.45, 2.75) is 26.7 Å². The number of hydrogen-bond acceptors (Lipinski definition) is 2. The lowest BCUT2D eigenvalue weighted by Crippen LogP contribution is -2.51. The fourth-order valence-electron chi connectivity index (χ4n) is 2.74. The molecule has 1 aromatic rings. The second-order valence-corrected chi connectivity index (χ2v) is 5.41. The molecule has 1 amide bonds. The molecule has 98 valence electrons. The third-order valence-corrected chi connectivity index (χ3v) is 3.79. The summed E-state index contributed by atoms with van der Waals surface area (Å²) >= 11 is 0. The Kier molecular flexibility index (Phi) is 3.39. The molecule has 0 radical (unpaired) electrons. The molecule has 3 N–H and O–H groups in total. The number of aryl methyl sites for hydroxylation is 1. The van der Waals surface area contributed by atoms with Crippen molar-refractivity contribution < 1.29 is 9.18 Å². The largest absolute Gasteiger partial charge is 0.329 e. The highest BCUT2D eigenvalue weighted by atomic mass is 19.1. The lowest BCUT2D eigenvalue weighted by molar-refractivity contribution is -0.132. The van der Waals surface area contributed by atoms with Crippen molar-refractivity contribution >= 4 is 11.6 Å². The zero-order valence-corrected chi connectivity index (χ0v) is 10.8. The fourth-order valence-corrected chi connectivity index (χ4v) is 2.74. The van der Waals surface area contributed by atoms with Crippen LogP contribution in [-0.2, 0) is 4.79 Å². The Balaban J connectivity index is 2.11. The summed E-state index contributed by atoms with van der Waals surface area (Å²) in [6.07, 6.45) is 1.66. The number of rotatable bonds is 3. The molecule has 0 atom stereocenters. The van der Waals surface area contributed by atoms with Crippen molar-refractivity contribution in [3.8, 4) is 0 Å². The highest BCUT2D eigenvalue weighted by Gasteiger charge is 2.47. The number of nitrogens with one attached hydrogen (secondary N) is 1. The van der Waals surface area contributed by atoms with E-state index in [1.165, 1.54) is 12.1 Å². The van der Waals surface area contributed by atoms with E-state index < -0.39 is 5.41 Å². The molecule has 18 heavy (non-hydrogen) atoms. The number of nitrogens with two attached hydrogens (primary N) is 1. The first kappa shape index (κ1) is 13.0. The molecule has 0 aromatic heterocycles. The van der Waals surface area contributed by atoms with Gasteiger partial charge in [0.05, 0.1) is 5.41 Å². The van der Waals surface area contributed by atoms with E-state index >= 15 is 0 Å². The molecule has 0 saturated heterocycles. The van der Waals surface area contributed by atoms with Crippen LogP contribution in [0.15, 0.2) is 18.2 Å². The van der Waals surface area contributed by atoms with Gasteiger partial charge < -0.3 is 11.1 Å². The zero-order valence-electron chi connectivity index (χ0n) is 10.8. The molecule has 0 bridgehead atoms. The summed E-state index contributed by atoms with van der Waals surface area (Å²) in [6.45, 7) is 4.25. The predicted molar refractivity (Wildman–Crippen MR) is 69.7 cm³/mol. The number of halogens is 1. The lowest BCUT2D eigenvalue weighted by atomic mass is 9.62. The second kappa shape index (κ2) is 4.69. The molecule has 3 nitrogen and oxygen atoms in total. The Bertz CT molecular complexity index is 467. The Hall–Kier alpha value is -1.42. The minimum atomic E-state index is -0.430. The zero-order chi connectivity index (χ0) is 13.3. The van der Waals surface area contributed by atoms with Crippen LogP contribution < -0.4 is 11.1 Å². The molecule has 1 saturated carbocycles. The third-order valence-electron chi connectivity index (χ3n) is 3.79. The molecule has 0 unspecified atom stereocenters. The molecule has 2 rings (SSSR count). The van der Waals surface area contributed by atoms with Crippen LogP contribution in [0.25, 0.3) is 0 Å². The van der Waals surface area contributed by atoms with Gasteiger partial charge in [-0.1, -0.05) is 6.92 Å². The van der Waals surface area contributed by atoms with Gasteiger partial charge in [0, 0.05) is 12.2 Å². The lowest BCUT2D eigenvalue weighted by Gasteiger charge is -2.44. The van der Waals surface area contributed by atoms with Gasteiger partial charge in [0.15, 0.2) is 0 Å². The maximum atomic E-state index is 13.0. The van der Waals surface area contributed by atoms with Gasteiger partial charge in [0.1, 0.15) is 5.82 Å². The summed E-state index contributed by atoms with van der Waals surface area (Å²) in [5, 5.41) is 2.87. The average Bonchev–Trinajstić information content (AvgIpc) is 2.28. The van der Waals surface area contributed by atoms with E-state index in [9.17, 15) is 9.18 Å². The van der Waals surface area contributed by atoms with E-state index in [1.54, 1.807) is 13.0 Å². The van der Waals surface area contributed by atoms with Crippen LogP contribution in [0.2, 0.25) is 0 Å². The van der Waals surface area contributed by atoms with Gasteiger partial charge in [-0.2, -0.15) is 0 Å². The highest BCUT2D eigenvalue weighted by molar-refractivity contribution is 5.96. The Morgan fingerprint density at radius 1 is 1.56 bits per heavy atom. The van der Waals surface area contributed by atoms with Crippen molar-refractivity contribution in [2.75, 3.05) is 11.9 Å². The van der Waals surface area contributed by atoms with Crippen LogP contribution in [0, 0.1) is 24.1 Å². The molecular formula is C14H19FN2O. The topological polar surface area (TPSA) is 55.1 Å². The smallest absolute Gasteiger partial charge is 0.231 e. The van der Waals surface area contributed by atoms with Crippen LogP contribution in [0.1, 0.15) is 25.3 Å². The third kappa shape index (κ3) is 2.25. The van der Waals surface area contributed by atoms with Gasteiger partial charge in [-0.3, -0.25) is 4.79 Å². The molecular weight excluding hydrogens is 231 g/mol. The number of amides is 1. The van der Waals surface area contributed by atoms with E-state index in [1.807, 2.05) is 0 Å². The molecule has 0 aliphatic heterocycles. The predicted octanol–water partition coefficient (Wildman–Crippen LogP) is 2.45. The van der Waals surface area contributed by atoms with Crippen molar-refractivity contribution in [1.29, 1.82) is 0 Å². The maximum absolute atomic E-state index is 13.0. The van der Waals surface area contributed by atoms with Crippen molar-refractivity contribution in [3.05, 3.63) is 29.6 Å². The van der Waals surface area contributed by atoms with Crippen molar-refractivity contribution in [1.82, 2.24) is 0 Å². The van der Waals surface area contributed by atoms with Crippen molar-refractivity contribution in [3.63, 3.8) is 0 Å². The Morgan fingerprint density at radius 3 is 2.72 bits per heavy atom. The quantitative estimate of drug-likeness (QED) is 0.865. The fraction of sp³-hybridized carbons (Fsp3) is 0.500. The Labute approximate surface area is 107 Å². The van der Waals surface area contributed by atoms with Gasteiger partial charge in [-0.25, -0.2) is 4.39 Å². The van der Waals surface area contributed by atoms with E-state index in [0.717, 1.165) is 18.4 Å². The molecule has 1 aliphatic rings. The molecule has 1 fully saturated rings. The first-order valence-corrected chi connectivity index (χ1v) is 6.24. The number of hydrogen-bond donors (Lipinski definition) is 2. The van der Waals surface area contributed by atoms with E-state index in [2.05, 4.69) is 12.2 Å². The minimum Gasteiger partial charge on any atom is -0.329 e. The summed E-state index contributed by atoms with van der Waals surface area (Å²) in [6, 6.07) is 4.35. The number of benzene rings is 1. The maximum Gasteiger partial charge on any atom is 0.231 e. The molecule has 4 heteroatoms. The van der Waals surface area contributed by atoms with Gasteiger partial charge in [-0.15, -0.1) is 0 Å². The monoisotopic (exact) mass is 250 g/mol. The van der Waals surface area contributed by atoms with Crippen LogP contribution in [0.4, 0.5) is 10.1 Å². The Morgan fingerprint density at radius 2 is 2.22 bits per heavy atom. The summed E-state index contributed by atoms with van der Waals surface area (Å²) in [7, 11) is 0. The van der Waals surface area contributed by atoms with Gasteiger partial charge >= 0.3 is 0 Å². The standard InChI is InChI=1S/C14H19FN2O/c1-9-6-14(7-9,8-16)13(18)17-12-4-3-11(15)5-10(12)2/h3-5,9H,6-8,16H2,1-2H3,(H,17,18). The van der Waals surface area contributed by atoms with E-state index in [0.29, 0.717) is 18.2 Å². The van der Waals surface area contributed by atoms with Crippen LogP contribution in [0.5, 0.6) is 0 Å². The normalized spacial score (nSPS) is 26.6. The summed E-state index contributed by atoms with van der Waals surface area (Å²) in [5.41, 5.74) is 6.68. The number of anilines is 1. The molecule has 1 aromatic carbocycles. The number of carbonyl (C=O) groups excluding carboxylic acids is 1. The summed E-state index contributed by atoms with van der Waals surface area (Å²) in [4.78, 5) is 12.2. The van der Waals surface area contributed by atoms with Gasteiger partial charge in [0.2, 0.25) is 5.91 Å². The first-order chi connectivity index (χ1) is 8.47. The number of carbonyl (C=O) groups is 1.